The lowest BCUT2D eigenvalue weighted by atomic mass is 9.31. The van der Waals surface area contributed by atoms with E-state index in [0.29, 0.717) is 0 Å². The average molecular weight is 1360 g/mol. The van der Waals surface area contributed by atoms with Gasteiger partial charge in [0.05, 0.1) is 33.9 Å². The fourth-order valence-corrected chi connectivity index (χ4v) is 17.4. The van der Waals surface area contributed by atoms with Crippen LogP contribution >= 0.6 is 0 Å². The SMILES string of the molecule is CC(C)(C)c1ccc2oc3c(c2c1)N(c1ccccc1)c1cc(N(c2ccccc2)c2ccccc2)cc2c1B3c1cc3c(cc1N2c1ccccc1)N(c1ccccc1)c1cc(N(c2ccccc2)c2ccccc2)cc2c1B3c1c(c3cc(C(C)(C)C)ccc3n1-c1ccccc1)N2c1ccccc1. The van der Waals surface area contributed by atoms with Gasteiger partial charge in [0.2, 0.25) is 0 Å². The van der Waals surface area contributed by atoms with Gasteiger partial charge in [-0.1, -0.05) is 224 Å². The number of aromatic nitrogens is 1. The van der Waals surface area contributed by atoms with E-state index in [2.05, 4.69) is 421 Å². The number of para-hydroxylation sites is 9. The van der Waals surface area contributed by atoms with Gasteiger partial charge in [-0.3, -0.25) is 0 Å². The smallest absolute Gasteiger partial charge is 0.297 e. The van der Waals surface area contributed by atoms with Crippen molar-refractivity contribution in [2.75, 3.05) is 29.4 Å². The second-order valence-electron chi connectivity index (χ2n) is 30.5. The lowest BCUT2D eigenvalue weighted by molar-refractivity contribution is 0.590. The fraction of sp³-hybridized carbons (Fsp3) is 0.0833. The van der Waals surface area contributed by atoms with E-state index in [1.807, 2.05) is 0 Å². The number of furan rings is 1. The highest BCUT2D eigenvalue weighted by Crippen LogP contribution is 2.55. The van der Waals surface area contributed by atoms with Crippen LogP contribution in [0.5, 0.6) is 0 Å². The molecule has 4 aliphatic heterocycles. The summed E-state index contributed by atoms with van der Waals surface area (Å²) >= 11 is 0. The zero-order chi connectivity index (χ0) is 71.1. The van der Waals surface area contributed by atoms with Crippen molar-refractivity contribution < 1.29 is 4.42 Å². The van der Waals surface area contributed by atoms with Gasteiger partial charge < -0.3 is 38.4 Å². The molecule has 0 saturated heterocycles. The predicted octanol–water partition coefficient (Wildman–Crippen LogP) is 22.1. The molecule has 0 saturated carbocycles. The molecule has 0 radical (unpaired) electrons. The Morgan fingerprint density at radius 2 is 0.623 bits per heavy atom. The van der Waals surface area contributed by atoms with E-state index in [0.717, 1.165) is 141 Å². The fourth-order valence-electron chi connectivity index (χ4n) is 17.4. The molecule has 10 heteroatoms. The second kappa shape index (κ2) is 24.4. The van der Waals surface area contributed by atoms with Crippen molar-refractivity contribution in [2.45, 2.75) is 52.4 Å². The molecule has 6 heterocycles. The molecule has 0 aliphatic carbocycles. The molecule has 4 aliphatic rings. The van der Waals surface area contributed by atoms with Crippen LogP contribution in [0.15, 0.2) is 350 Å². The molecular weight excluding hydrogens is 1290 g/mol. The van der Waals surface area contributed by atoms with Crippen LogP contribution in [0.3, 0.4) is 0 Å². The maximum absolute atomic E-state index is 7.83. The molecule has 8 nitrogen and oxygen atoms in total. The Bertz CT molecular complexity index is 5990. The van der Waals surface area contributed by atoms with Crippen molar-refractivity contribution in [1.29, 1.82) is 0 Å². The van der Waals surface area contributed by atoms with Crippen molar-refractivity contribution >= 4 is 171 Å². The summed E-state index contributed by atoms with van der Waals surface area (Å²) in [5.74, 6) is 0. The molecular formula is C96H75B2N7O. The Morgan fingerprint density at radius 1 is 0.283 bits per heavy atom. The second-order valence-corrected chi connectivity index (χ2v) is 30.5. The normalized spacial score (nSPS) is 13.3. The quantitative estimate of drug-likeness (QED) is 0.119. The summed E-state index contributed by atoms with van der Waals surface area (Å²) in [4.78, 5) is 15.2. The molecule has 2 aromatic heterocycles. The van der Waals surface area contributed by atoms with E-state index in [1.165, 1.54) is 33.0 Å². The van der Waals surface area contributed by atoms with Gasteiger partial charge in [0.25, 0.3) is 13.4 Å². The largest absolute Gasteiger partial charge is 0.468 e. The van der Waals surface area contributed by atoms with Crippen molar-refractivity contribution in [3.63, 3.8) is 0 Å². The van der Waals surface area contributed by atoms with Gasteiger partial charge in [-0.15, -0.1) is 0 Å². The molecule has 0 bridgehead atoms. The van der Waals surface area contributed by atoms with E-state index in [1.54, 1.807) is 0 Å². The van der Waals surface area contributed by atoms with E-state index in [9.17, 15) is 0 Å². The Kier molecular flexibility index (Phi) is 14.4. The minimum absolute atomic E-state index is 0.158. The zero-order valence-corrected chi connectivity index (χ0v) is 60.1. The molecule has 0 amide bonds. The summed E-state index contributed by atoms with van der Waals surface area (Å²) in [5.41, 5.74) is 31.1. The Morgan fingerprint density at radius 3 is 1.04 bits per heavy atom. The van der Waals surface area contributed by atoms with E-state index in [-0.39, 0.29) is 17.5 Å². The Balaban J connectivity index is 0.970. The number of hydrogen-bond acceptors (Lipinski definition) is 7. The minimum atomic E-state index is -0.418. The van der Waals surface area contributed by atoms with Gasteiger partial charge in [-0.05, 0) is 208 Å². The summed E-state index contributed by atoms with van der Waals surface area (Å²) in [7, 11) is 0. The van der Waals surface area contributed by atoms with Crippen LogP contribution in [-0.4, -0.2) is 18.0 Å². The summed E-state index contributed by atoms with van der Waals surface area (Å²) in [5, 5.41) is 2.25. The first-order valence-corrected chi connectivity index (χ1v) is 37.0. The van der Waals surface area contributed by atoms with Crippen LogP contribution < -0.4 is 62.5 Å². The predicted molar refractivity (Wildman–Crippen MR) is 448 cm³/mol. The van der Waals surface area contributed by atoms with Gasteiger partial charge in [0, 0.05) is 102 Å². The van der Waals surface area contributed by atoms with Crippen LogP contribution in [0.2, 0.25) is 0 Å². The first kappa shape index (κ1) is 62.8. The maximum atomic E-state index is 7.83. The van der Waals surface area contributed by atoms with Crippen molar-refractivity contribution in [1.82, 2.24) is 4.57 Å². The van der Waals surface area contributed by atoms with Gasteiger partial charge in [-0.2, -0.15) is 0 Å². The van der Waals surface area contributed by atoms with Crippen LogP contribution in [0.1, 0.15) is 52.7 Å². The molecule has 0 spiro atoms. The molecule has 106 heavy (non-hydrogen) atoms. The van der Waals surface area contributed by atoms with Gasteiger partial charge in [-0.25, -0.2) is 0 Å². The van der Waals surface area contributed by atoms with Crippen molar-refractivity contribution in [2.24, 2.45) is 0 Å². The summed E-state index contributed by atoms with van der Waals surface area (Å²) in [6.45, 7) is 13.2. The molecule has 0 unspecified atom stereocenters. The van der Waals surface area contributed by atoms with E-state index < -0.39 is 6.71 Å². The number of benzene rings is 14. The molecule has 0 N–H and O–H groups in total. The third-order valence-corrected chi connectivity index (χ3v) is 22.1. The molecule has 16 aromatic rings. The number of nitrogens with zero attached hydrogens (tertiary/aromatic N) is 7. The lowest BCUT2D eigenvalue weighted by Gasteiger charge is -2.47. The first-order valence-electron chi connectivity index (χ1n) is 37.0. The molecule has 14 aromatic carbocycles. The Hall–Kier alpha value is -12.9. The number of rotatable bonds is 11. The van der Waals surface area contributed by atoms with Crippen LogP contribution in [0.25, 0.3) is 27.6 Å². The molecule has 0 fully saturated rings. The average Bonchev–Trinajstić information content (AvgIpc) is 1.29. The third kappa shape index (κ3) is 9.91. The number of hydrogen-bond donors (Lipinski definition) is 0. The highest BCUT2D eigenvalue weighted by Gasteiger charge is 2.52. The minimum Gasteiger partial charge on any atom is -0.468 e. The van der Waals surface area contributed by atoms with Crippen LogP contribution in [-0.2, 0) is 10.8 Å². The first-order chi connectivity index (χ1) is 51.9. The third-order valence-electron chi connectivity index (χ3n) is 22.1. The van der Waals surface area contributed by atoms with Crippen molar-refractivity contribution in [3.05, 3.63) is 357 Å². The molecule has 506 valence electrons. The Labute approximate surface area is 620 Å². The number of anilines is 18. The standard InChI is InChI=1S/C96H75B2N7O/c1-95(2,3)64-52-54-81-77(56-64)91-93(105(81)74-50-32-15-33-51-74)97-79-62-80-83(63-82(79)101(70-42-24-11-25-43-70)84-58-75(60-86(89(84)97)103(91)72-46-28-13-29-47-72)99(66-34-16-7-17-35-66)67-36-18-8-19-37-67)102(71-44-26-12-27-45-71)85-59-76(100(68-38-20-9-21-39-68)69-40-22-10-23-41-69)61-87-90(85)98(80)94-92(104(87)73-48-30-14-31-49-73)78-57-65(96(4,5)6)53-55-88(78)106-94/h7-63H,1-6H3. The highest BCUT2D eigenvalue weighted by atomic mass is 16.3. The maximum Gasteiger partial charge on any atom is 0.297 e. The topological polar surface area (TPSA) is 37.5 Å². The lowest BCUT2D eigenvalue weighted by Crippen LogP contribution is -2.66. The molecule has 20 rings (SSSR count). The van der Waals surface area contributed by atoms with Crippen LogP contribution in [0.4, 0.5) is 102 Å². The highest BCUT2D eigenvalue weighted by molar-refractivity contribution is 7.03. The van der Waals surface area contributed by atoms with E-state index >= 15 is 0 Å². The molecule has 0 atom stereocenters. The van der Waals surface area contributed by atoms with Gasteiger partial charge in [0.15, 0.2) is 0 Å². The monoisotopic (exact) mass is 1360 g/mol. The zero-order valence-electron chi connectivity index (χ0n) is 60.1. The van der Waals surface area contributed by atoms with Gasteiger partial charge in [0.1, 0.15) is 5.58 Å². The number of fused-ring (bicyclic) bond motifs is 12. The summed E-state index contributed by atoms with van der Waals surface area (Å²) in [6, 6.07) is 128. The summed E-state index contributed by atoms with van der Waals surface area (Å²) < 4.78 is 10.4. The summed E-state index contributed by atoms with van der Waals surface area (Å²) in [6.07, 6.45) is 0. The van der Waals surface area contributed by atoms with Crippen molar-refractivity contribution in [3.8, 4) is 5.69 Å². The van der Waals surface area contributed by atoms with Gasteiger partial charge >= 0.3 is 0 Å². The van der Waals surface area contributed by atoms with Crippen LogP contribution in [0, 0.1) is 0 Å². The van der Waals surface area contributed by atoms with E-state index in [4.69, 9.17) is 4.42 Å².